The van der Waals surface area contributed by atoms with Crippen molar-refractivity contribution in [3.8, 4) is 11.5 Å². The Morgan fingerprint density at radius 3 is 2.27 bits per heavy atom. The molecule has 0 aliphatic rings. The molecule has 0 aliphatic carbocycles. The van der Waals surface area contributed by atoms with Gasteiger partial charge in [0.2, 0.25) is 0 Å². The maximum Gasteiger partial charge on any atom is 0.271 e. The van der Waals surface area contributed by atoms with Gasteiger partial charge < -0.3 is 15.4 Å². The monoisotopic (exact) mass is 397 g/mol. The van der Waals surface area contributed by atoms with Crippen molar-refractivity contribution in [1.29, 1.82) is 0 Å². The lowest BCUT2D eigenvalue weighted by molar-refractivity contribution is 0.0945. The van der Waals surface area contributed by atoms with Crippen LogP contribution in [0.15, 0.2) is 91.4 Å². The topological polar surface area (TPSA) is 89.0 Å². The summed E-state index contributed by atoms with van der Waals surface area (Å²) in [6.45, 7) is 0.332. The second kappa shape index (κ2) is 9.29. The van der Waals surface area contributed by atoms with Crippen LogP contribution in [0.2, 0.25) is 0 Å². The molecule has 30 heavy (non-hydrogen) atoms. The number of hydrogen-bond donors (Lipinski definition) is 2. The summed E-state index contributed by atoms with van der Waals surface area (Å²) >= 11 is 0. The molecule has 0 fully saturated rings. The van der Waals surface area contributed by atoms with Gasteiger partial charge in [-0.1, -0.05) is 24.3 Å². The zero-order chi connectivity index (χ0) is 20.6. The molecule has 4 aromatic rings. The van der Waals surface area contributed by atoms with Crippen molar-refractivity contribution in [3.05, 3.63) is 103 Å². The molecule has 0 atom stereocenters. The Morgan fingerprint density at radius 1 is 0.800 bits per heavy atom. The fraction of sp³-hybridized carbons (Fsp3) is 0.0435. The maximum atomic E-state index is 12.2. The molecule has 0 radical (unpaired) electrons. The van der Waals surface area contributed by atoms with Crippen molar-refractivity contribution < 1.29 is 9.53 Å². The van der Waals surface area contributed by atoms with E-state index in [4.69, 9.17) is 4.74 Å². The number of rotatable bonds is 7. The zero-order valence-corrected chi connectivity index (χ0v) is 16.0. The van der Waals surface area contributed by atoms with Crippen LogP contribution in [0.5, 0.6) is 11.5 Å². The molecule has 7 heteroatoms. The number of para-hydroxylation sites is 1. The Labute approximate surface area is 173 Å². The molecule has 0 aliphatic heterocycles. The molecule has 2 aromatic carbocycles. The average Bonchev–Trinajstić information content (AvgIpc) is 2.81. The van der Waals surface area contributed by atoms with Gasteiger partial charge in [0.1, 0.15) is 23.0 Å². The summed E-state index contributed by atoms with van der Waals surface area (Å²) in [5.41, 5.74) is 1.84. The van der Waals surface area contributed by atoms with E-state index in [1.807, 2.05) is 72.8 Å². The number of ether oxygens (including phenoxy) is 1. The smallest absolute Gasteiger partial charge is 0.271 e. The first kappa shape index (κ1) is 19.1. The van der Waals surface area contributed by atoms with Gasteiger partial charge in [-0.15, -0.1) is 0 Å². The molecule has 2 aromatic heterocycles. The summed E-state index contributed by atoms with van der Waals surface area (Å²) in [6, 6.07) is 22.6. The number of carbonyl (C=O) groups is 1. The van der Waals surface area contributed by atoms with Gasteiger partial charge in [0.15, 0.2) is 0 Å². The summed E-state index contributed by atoms with van der Waals surface area (Å²) < 4.78 is 5.78. The molecule has 1 amide bonds. The van der Waals surface area contributed by atoms with Crippen LogP contribution >= 0.6 is 0 Å². The van der Waals surface area contributed by atoms with Crippen molar-refractivity contribution in [3.63, 3.8) is 0 Å². The summed E-state index contributed by atoms with van der Waals surface area (Å²) in [4.78, 5) is 24.8. The van der Waals surface area contributed by atoms with E-state index >= 15 is 0 Å². The Kier molecular flexibility index (Phi) is 5.91. The second-order valence-electron chi connectivity index (χ2n) is 6.36. The highest BCUT2D eigenvalue weighted by molar-refractivity contribution is 5.91. The van der Waals surface area contributed by atoms with E-state index in [0.717, 1.165) is 22.9 Å². The number of anilines is 2. The van der Waals surface area contributed by atoms with Gasteiger partial charge in [0.25, 0.3) is 5.91 Å². The lowest BCUT2D eigenvalue weighted by atomic mass is 10.3. The molecule has 4 rings (SSSR count). The zero-order valence-electron chi connectivity index (χ0n) is 16.0. The van der Waals surface area contributed by atoms with Gasteiger partial charge in [-0.25, -0.2) is 9.97 Å². The third-order valence-electron chi connectivity index (χ3n) is 4.15. The maximum absolute atomic E-state index is 12.2. The molecule has 0 unspecified atom stereocenters. The van der Waals surface area contributed by atoms with Crippen molar-refractivity contribution in [1.82, 2.24) is 20.3 Å². The summed E-state index contributed by atoms with van der Waals surface area (Å²) in [6.07, 6.45) is 4.63. The van der Waals surface area contributed by atoms with E-state index in [1.165, 1.54) is 12.4 Å². The molecule has 0 saturated heterocycles. The first-order valence-electron chi connectivity index (χ1n) is 9.36. The van der Waals surface area contributed by atoms with Crippen LogP contribution in [-0.2, 0) is 6.54 Å². The van der Waals surface area contributed by atoms with Crippen LogP contribution < -0.4 is 15.4 Å². The molecular weight excluding hydrogens is 378 g/mol. The lowest BCUT2D eigenvalue weighted by Gasteiger charge is -2.09. The standard InChI is InChI=1S/C23H19N5O2/c29-23(27-14-18-6-4-5-13-24-18)21-15-26-22(16-25-21)28-17-9-11-20(12-10-17)30-19-7-2-1-3-8-19/h1-13,15-16H,14H2,(H,26,28)(H,27,29). The van der Waals surface area contributed by atoms with E-state index in [0.29, 0.717) is 12.4 Å². The predicted octanol–water partition coefficient (Wildman–Crippen LogP) is 4.34. The van der Waals surface area contributed by atoms with E-state index in [2.05, 4.69) is 25.6 Å². The number of benzene rings is 2. The van der Waals surface area contributed by atoms with Crippen molar-refractivity contribution in [2.24, 2.45) is 0 Å². The van der Waals surface area contributed by atoms with Crippen LogP contribution in [0.1, 0.15) is 16.2 Å². The van der Waals surface area contributed by atoms with Crippen LogP contribution in [0.3, 0.4) is 0 Å². The Bertz CT molecular complexity index is 1090. The van der Waals surface area contributed by atoms with Gasteiger partial charge in [-0.05, 0) is 48.5 Å². The third kappa shape index (κ3) is 5.17. The Balaban J connectivity index is 1.32. The van der Waals surface area contributed by atoms with Gasteiger partial charge in [0, 0.05) is 11.9 Å². The number of nitrogens with zero attached hydrogens (tertiary/aromatic N) is 3. The highest BCUT2D eigenvalue weighted by Crippen LogP contribution is 2.23. The minimum Gasteiger partial charge on any atom is -0.457 e. The van der Waals surface area contributed by atoms with Crippen molar-refractivity contribution in [2.75, 3.05) is 5.32 Å². The van der Waals surface area contributed by atoms with Crippen molar-refractivity contribution >= 4 is 17.4 Å². The molecule has 148 valence electrons. The Hall–Kier alpha value is -4.26. The molecular formula is C23H19N5O2. The SMILES string of the molecule is O=C(NCc1ccccn1)c1cnc(Nc2ccc(Oc3ccccc3)cc2)cn1. The first-order chi connectivity index (χ1) is 14.8. The fourth-order valence-electron chi connectivity index (χ4n) is 2.65. The van der Waals surface area contributed by atoms with Gasteiger partial charge >= 0.3 is 0 Å². The number of hydrogen-bond acceptors (Lipinski definition) is 6. The van der Waals surface area contributed by atoms with Crippen LogP contribution in [0.25, 0.3) is 0 Å². The van der Waals surface area contributed by atoms with Crippen molar-refractivity contribution in [2.45, 2.75) is 6.54 Å². The van der Waals surface area contributed by atoms with Crippen LogP contribution in [0, 0.1) is 0 Å². The summed E-state index contributed by atoms with van der Waals surface area (Å²) in [5, 5.41) is 5.92. The van der Waals surface area contributed by atoms with Crippen LogP contribution in [-0.4, -0.2) is 20.9 Å². The normalized spacial score (nSPS) is 10.3. The number of amides is 1. The second-order valence-corrected chi connectivity index (χ2v) is 6.36. The average molecular weight is 397 g/mol. The van der Waals surface area contributed by atoms with E-state index in [1.54, 1.807) is 6.20 Å². The van der Waals surface area contributed by atoms with E-state index in [-0.39, 0.29) is 11.6 Å². The minimum absolute atomic E-state index is 0.239. The highest BCUT2D eigenvalue weighted by atomic mass is 16.5. The molecule has 7 nitrogen and oxygen atoms in total. The molecule has 0 spiro atoms. The summed E-state index contributed by atoms with van der Waals surface area (Å²) in [5.74, 6) is 1.74. The molecule has 2 N–H and O–H groups in total. The van der Waals surface area contributed by atoms with Gasteiger partial charge in [-0.3, -0.25) is 9.78 Å². The third-order valence-corrected chi connectivity index (χ3v) is 4.15. The Morgan fingerprint density at radius 2 is 1.57 bits per heavy atom. The fourth-order valence-corrected chi connectivity index (χ4v) is 2.65. The first-order valence-corrected chi connectivity index (χ1v) is 9.36. The van der Waals surface area contributed by atoms with Crippen LogP contribution in [0.4, 0.5) is 11.5 Å². The molecule has 0 bridgehead atoms. The molecule has 0 saturated carbocycles. The molecule has 2 heterocycles. The van der Waals surface area contributed by atoms with E-state index < -0.39 is 0 Å². The highest BCUT2D eigenvalue weighted by Gasteiger charge is 2.08. The van der Waals surface area contributed by atoms with E-state index in [9.17, 15) is 4.79 Å². The quantitative estimate of drug-likeness (QED) is 0.482. The number of carbonyl (C=O) groups excluding carboxylic acids is 1. The van der Waals surface area contributed by atoms with Gasteiger partial charge in [0.05, 0.1) is 24.6 Å². The lowest BCUT2D eigenvalue weighted by Crippen LogP contribution is -2.24. The number of pyridine rings is 1. The minimum atomic E-state index is -0.304. The largest absolute Gasteiger partial charge is 0.457 e. The number of nitrogens with one attached hydrogen (secondary N) is 2. The predicted molar refractivity (Wildman–Crippen MR) is 114 cm³/mol. The summed E-state index contributed by atoms with van der Waals surface area (Å²) in [7, 11) is 0. The number of aromatic nitrogens is 3. The van der Waals surface area contributed by atoms with Gasteiger partial charge in [-0.2, -0.15) is 0 Å².